The molecule has 5 atom stereocenters. The Morgan fingerprint density at radius 3 is 0.811 bits per heavy atom. The number of phosphoric ester groups is 2. The van der Waals surface area contributed by atoms with Crippen LogP contribution in [0.4, 0.5) is 0 Å². The van der Waals surface area contributed by atoms with Crippen molar-refractivity contribution in [1.29, 1.82) is 0 Å². The molecule has 0 fully saturated rings. The Labute approximate surface area is 643 Å². The van der Waals surface area contributed by atoms with E-state index in [4.69, 9.17) is 37.0 Å². The maximum absolute atomic E-state index is 13.1. The molecule has 0 aliphatic heterocycles. The molecule has 5 unspecified atom stereocenters. The number of phosphoric acid groups is 2. The summed E-state index contributed by atoms with van der Waals surface area (Å²) in [5, 5.41) is 10.7. The van der Waals surface area contributed by atoms with Gasteiger partial charge in [-0.2, -0.15) is 0 Å². The van der Waals surface area contributed by atoms with Crippen LogP contribution in [0.5, 0.6) is 0 Å². The van der Waals surface area contributed by atoms with Crippen LogP contribution in [0.1, 0.15) is 323 Å². The number of hydrogen-bond donors (Lipinski definition) is 3. The first-order chi connectivity index (χ1) is 51.7. The smallest absolute Gasteiger partial charge is 0.462 e. The number of carbonyl (C=O) groups excluding carboxylic acids is 4. The SMILES string of the molecule is CC/C=C\C/C=C\C/C=C\C/C=C\C/C=C\C/C=C\CCC(=O)OCC(COP(=O)(O)OCC(O)COP(=O)(O)OCC(COC(=O)CCCCCCCCC/C=C\C/C=C\C/C=C\CC)OC(=O)CCCCCCCCC/C=C\C/C=C\C/C=C\CC)OC(=O)CCCCCCCCCCCCCCC. The van der Waals surface area contributed by atoms with Gasteiger partial charge in [0.2, 0.25) is 0 Å². The van der Waals surface area contributed by atoms with E-state index in [1.807, 2.05) is 18.2 Å². The maximum Gasteiger partial charge on any atom is 0.472 e. The summed E-state index contributed by atoms with van der Waals surface area (Å²) in [6.07, 6.45) is 89.7. The Hall–Kier alpha value is -5.06. The highest BCUT2D eigenvalue weighted by Crippen LogP contribution is 2.45. The van der Waals surface area contributed by atoms with Gasteiger partial charge in [-0.3, -0.25) is 37.3 Å². The van der Waals surface area contributed by atoms with Crippen molar-refractivity contribution in [2.45, 2.75) is 341 Å². The average molecular weight is 1530 g/mol. The van der Waals surface area contributed by atoms with Crippen LogP contribution in [0.15, 0.2) is 146 Å². The molecule has 0 radical (unpaired) electrons. The zero-order valence-corrected chi connectivity index (χ0v) is 68.1. The van der Waals surface area contributed by atoms with Gasteiger partial charge in [0.1, 0.15) is 19.3 Å². The number of hydrogen-bond acceptors (Lipinski definition) is 15. The van der Waals surface area contributed by atoms with Gasteiger partial charge in [0.25, 0.3) is 0 Å². The largest absolute Gasteiger partial charge is 0.472 e. The van der Waals surface area contributed by atoms with Crippen LogP contribution in [0.2, 0.25) is 0 Å². The lowest BCUT2D eigenvalue weighted by Crippen LogP contribution is -2.30. The summed E-state index contributed by atoms with van der Waals surface area (Å²) < 4.78 is 68.6. The quantitative estimate of drug-likeness (QED) is 0.0169. The lowest BCUT2D eigenvalue weighted by molar-refractivity contribution is -0.161. The van der Waals surface area contributed by atoms with Crippen LogP contribution in [0.3, 0.4) is 0 Å². The molecule has 106 heavy (non-hydrogen) atoms. The predicted octanol–water partition coefficient (Wildman–Crippen LogP) is 24.2. The summed E-state index contributed by atoms with van der Waals surface area (Å²) in [4.78, 5) is 73.1. The minimum atomic E-state index is -5.00. The van der Waals surface area contributed by atoms with Gasteiger partial charge in [-0.15, -0.1) is 0 Å². The van der Waals surface area contributed by atoms with Gasteiger partial charge in [-0.05, 0) is 128 Å². The molecule has 0 aliphatic rings. The van der Waals surface area contributed by atoms with Crippen LogP contribution in [-0.2, 0) is 65.4 Å². The number of aliphatic hydroxyl groups excluding tert-OH is 1. The van der Waals surface area contributed by atoms with E-state index >= 15 is 0 Å². The van der Waals surface area contributed by atoms with Crippen LogP contribution in [0, 0.1) is 0 Å². The molecule has 17 nitrogen and oxygen atoms in total. The summed E-state index contributed by atoms with van der Waals surface area (Å²) in [6.45, 7) is 4.46. The van der Waals surface area contributed by atoms with Gasteiger partial charge in [0.15, 0.2) is 12.2 Å². The molecule has 3 N–H and O–H groups in total. The Balaban J connectivity index is 5.43. The lowest BCUT2D eigenvalue weighted by Gasteiger charge is -2.21. The summed E-state index contributed by atoms with van der Waals surface area (Å²) in [6, 6.07) is 0. The Morgan fingerprint density at radius 2 is 0.509 bits per heavy atom. The van der Waals surface area contributed by atoms with Gasteiger partial charge in [0.05, 0.1) is 26.4 Å². The van der Waals surface area contributed by atoms with Crippen molar-refractivity contribution in [1.82, 2.24) is 0 Å². The van der Waals surface area contributed by atoms with Crippen molar-refractivity contribution in [3.05, 3.63) is 146 Å². The van der Waals surface area contributed by atoms with E-state index in [-0.39, 0.29) is 25.7 Å². The van der Waals surface area contributed by atoms with Crippen molar-refractivity contribution < 1.29 is 80.2 Å². The fourth-order valence-electron chi connectivity index (χ4n) is 10.7. The molecular formula is C87H146O17P2. The molecule has 0 aliphatic carbocycles. The number of allylic oxidation sites excluding steroid dienone is 24. The van der Waals surface area contributed by atoms with Crippen molar-refractivity contribution in [2.75, 3.05) is 39.6 Å². The second-order valence-electron chi connectivity index (χ2n) is 26.9. The fraction of sp³-hybridized carbons (Fsp3) is 0.678. The number of carbonyl (C=O) groups is 4. The lowest BCUT2D eigenvalue weighted by atomic mass is 10.0. The monoisotopic (exact) mass is 1530 g/mol. The summed E-state index contributed by atoms with van der Waals surface area (Å²) in [5.74, 6) is -2.29. The average Bonchev–Trinajstić information content (AvgIpc) is 0.900. The summed E-state index contributed by atoms with van der Waals surface area (Å²) >= 11 is 0. The van der Waals surface area contributed by atoms with Crippen LogP contribution in [0.25, 0.3) is 0 Å². The second-order valence-corrected chi connectivity index (χ2v) is 29.8. The Bertz CT molecular complexity index is 2580. The van der Waals surface area contributed by atoms with E-state index in [0.717, 1.165) is 186 Å². The molecule has 0 rings (SSSR count). The zero-order chi connectivity index (χ0) is 77.4. The maximum atomic E-state index is 13.1. The normalized spacial score (nSPS) is 14.6. The molecule has 0 aromatic rings. The highest BCUT2D eigenvalue weighted by atomic mass is 31.2. The first-order valence-electron chi connectivity index (χ1n) is 41.1. The number of unbranched alkanes of at least 4 members (excludes halogenated alkanes) is 26. The van der Waals surface area contributed by atoms with Crippen molar-refractivity contribution in [3.63, 3.8) is 0 Å². The minimum Gasteiger partial charge on any atom is -0.462 e. The third-order valence-corrected chi connectivity index (χ3v) is 18.7. The highest BCUT2D eigenvalue weighted by Gasteiger charge is 2.30. The minimum absolute atomic E-state index is 0.0349. The predicted molar refractivity (Wildman–Crippen MR) is 436 cm³/mol. The number of rotatable bonds is 76. The number of ether oxygens (including phenoxy) is 4. The van der Waals surface area contributed by atoms with Gasteiger partial charge in [-0.1, -0.05) is 315 Å². The molecule has 0 heterocycles. The molecule has 0 bridgehead atoms. The molecule has 0 saturated carbocycles. The Morgan fingerprint density at radius 1 is 0.274 bits per heavy atom. The summed E-state index contributed by atoms with van der Waals surface area (Å²) in [7, 11) is -9.99. The highest BCUT2D eigenvalue weighted by molar-refractivity contribution is 7.47. The van der Waals surface area contributed by atoms with Gasteiger partial charge < -0.3 is 33.8 Å². The van der Waals surface area contributed by atoms with E-state index < -0.39 is 97.5 Å². The fourth-order valence-corrected chi connectivity index (χ4v) is 12.3. The molecule has 0 saturated heterocycles. The third-order valence-electron chi connectivity index (χ3n) is 16.8. The van der Waals surface area contributed by atoms with Crippen LogP contribution in [-0.4, -0.2) is 96.7 Å². The number of esters is 4. The van der Waals surface area contributed by atoms with Crippen LogP contribution < -0.4 is 0 Å². The zero-order valence-electron chi connectivity index (χ0n) is 66.3. The van der Waals surface area contributed by atoms with Gasteiger partial charge in [-0.25, -0.2) is 9.13 Å². The molecule has 19 heteroatoms. The van der Waals surface area contributed by atoms with Crippen molar-refractivity contribution in [3.8, 4) is 0 Å². The third kappa shape index (κ3) is 77.1. The van der Waals surface area contributed by atoms with Crippen molar-refractivity contribution >= 4 is 39.5 Å². The topological polar surface area (TPSA) is 237 Å². The van der Waals surface area contributed by atoms with Crippen molar-refractivity contribution in [2.24, 2.45) is 0 Å². The Kier molecular flexibility index (Phi) is 74.3. The van der Waals surface area contributed by atoms with Gasteiger partial charge >= 0.3 is 39.5 Å². The van der Waals surface area contributed by atoms with E-state index in [1.165, 1.54) is 51.4 Å². The van der Waals surface area contributed by atoms with Gasteiger partial charge in [0, 0.05) is 25.7 Å². The number of aliphatic hydroxyl groups is 1. The standard InChI is InChI=1S/C87H146O17P2/c1-5-9-13-17-21-25-29-33-36-39-40-43-45-49-52-56-60-64-68-72-85(90)97-77-82(103-86(91)73-69-65-61-57-53-47-32-28-24-20-16-12-8-4)79-101-105(93,94)99-75-81(88)76-100-106(95,96)102-80-83(104-87(92)74-70-66-62-58-54-50-46-42-38-35-31-27-23-19-15-11-7-3)78-98-84(89)71-67-63-59-55-51-48-44-41-37-34-30-26-22-18-14-10-6-2/h9-11,13-15,21-23,25-27,33-38,40,43,49,52,60,64,81-83,88H,5-8,12,16-20,24,28-32,39,41-42,44-48,50-51,53-59,61-63,65-80H2,1-4H3,(H,93,94)(H,95,96)/b13-9-,14-10-,15-11-,25-21-,26-22-,27-23-,36-33-,37-34-,38-35-,43-40-,52-49-,64-60-. The molecule has 0 aromatic heterocycles. The summed E-state index contributed by atoms with van der Waals surface area (Å²) in [5.41, 5.74) is 0. The van der Waals surface area contributed by atoms with E-state index in [0.29, 0.717) is 32.1 Å². The first-order valence-corrected chi connectivity index (χ1v) is 44.1. The van der Waals surface area contributed by atoms with E-state index in [2.05, 4.69) is 155 Å². The van der Waals surface area contributed by atoms with E-state index in [1.54, 1.807) is 0 Å². The molecule has 0 spiro atoms. The molecule has 0 aromatic carbocycles. The first kappa shape index (κ1) is 101. The molecule has 0 amide bonds. The second kappa shape index (κ2) is 78.1. The van der Waals surface area contributed by atoms with E-state index in [9.17, 15) is 43.2 Å². The van der Waals surface area contributed by atoms with Crippen LogP contribution >= 0.6 is 15.6 Å². The molecular weight excluding hydrogens is 1380 g/mol. The molecule has 606 valence electrons.